The molecule has 0 bridgehead atoms. The van der Waals surface area contributed by atoms with Crippen LogP contribution in [0.5, 0.6) is 0 Å². The van der Waals surface area contributed by atoms with Crippen LogP contribution in [-0.4, -0.2) is 30.5 Å². The minimum atomic E-state index is -0.267. The Morgan fingerprint density at radius 2 is 1.94 bits per heavy atom. The Balaban J connectivity index is 2.66. The lowest BCUT2D eigenvalue weighted by atomic mass is 10.2. The lowest BCUT2D eigenvalue weighted by Crippen LogP contribution is -2.45. The zero-order chi connectivity index (χ0) is 13.4. The monoisotopic (exact) mass is 250 g/mol. The third-order valence-corrected chi connectivity index (χ3v) is 2.30. The number of nitrogens with zero attached hydrogens (tertiary/aromatic N) is 1. The lowest BCUT2D eigenvalue weighted by molar-refractivity contribution is -0.142. The van der Waals surface area contributed by atoms with Crippen LogP contribution in [0.15, 0.2) is 30.3 Å². The molecule has 0 aromatic heterocycles. The molecular weight excluding hydrogens is 232 g/mol. The van der Waals surface area contributed by atoms with Gasteiger partial charge in [0.15, 0.2) is 0 Å². The van der Waals surface area contributed by atoms with Crippen molar-refractivity contribution in [2.45, 2.75) is 19.9 Å². The third kappa shape index (κ3) is 4.97. The quantitative estimate of drug-likeness (QED) is 0.796. The van der Waals surface area contributed by atoms with Gasteiger partial charge in [0.25, 0.3) is 0 Å². The van der Waals surface area contributed by atoms with E-state index >= 15 is 0 Å². The van der Waals surface area contributed by atoms with E-state index < -0.39 is 0 Å². The van der Waals surface area contributed by atoms with Crippen LogP contribution in [0.4, 0.5) is 0 Å². The molecule has 1 aromatic carbocycles. The Morgan fingerprint density at radius 1 is 1.28 bits per heavy atom. The van der Waals surface area contributed by atoms with Crippen LogP contribution in [0.2, 0.25) is 0 Å². The van der Waals surface area contributed by atoms with Crippen molar-refractivity contribution in [2.24, 2.45) is 0 Å². The molecular formula is C13H18N2O3. The van der Waals surface area contributed by atoms with E-state index in [1.54, 1.807) is 0 Å². The number of benzene rings is 1. The summed E-state index contributed by atoms with van der Waals surface area (Å²) in [7, 11) is 1.53. The molecule has 1 N–H and O–H groups in total. The third-order valence-electron chi connectivity index (χ3n) is 2.30. The van der Waals surface area contributed by atoms with E-state index in [0.717, 1.165) is 5.56 Å². The molecule has 1 rings (SSSR count). The molecule has 2 amide bonds. The molecule has 0 spiro atoms. The number of nitrogens with one attached hydrogen (secondary N) is 1. The molecule has 0 atom stereocenters. The Morgan fingerprint density at radius 3 is 2.50 bits per heavy atom. The highest BCUT2D eigenvalue weighted by Crippen LogP contribution is 2.04. The van der Waals surface area contributed by atoms with Gasteiger partial charge in [0.05, 0.1) is 19.6 Å². The van der Waals surface area contributed by atoms with Gasteiger partial charge in [-0.25, -0.2) is 5.01 Å². The van der Waals surface area contributed by atoms with E-state index in [1.165, 1.54) is 19.0 Å². The highest BCUT2D eigenvalue weighted by atomic mass is 16.5. The molecule has 0 saturated carbocycles. The van der Waals surface area contributed by atoms with Gasteiger partial charge in [-0.05, 0) is 5.56 Å². The SMILES string of the molecule is COCCC(=O)N(Cc1ccccc1)NC(C)=O. The van der Waals surface area contributed by atoms with Crippen LogP contribution in [-0.2, 0) is 20.9 Å². The standard InChI is InChI=1S/C13H18N2O3/c1-11(16)14-15(13(17)8-9-18-2)10-12-6-4-3-5-7-12/h3-7H,8-10H2,1-2H3,(H,14,16). The van der Waals surface area contributed by atoms with Crippen molar-refractivity contribution < 1.29 is 14.3 Å². The van der Waals surface area contributed by atoms with Gasteiger partial charge in [0, 0.05) is 14.0 Å². The van der Waals surface area contributed by atoms with E-state index in [0.29, 0.717) is 13.2 Å². The fourth-order valence-electron chi connectivity index (χ4n) is 1.47. The van der Waals surface area contributed by atoms with Crippen molar-refractivity contribution in [3.8, 4) is 0 Å². The molecule has 0 fully saturated rings. The molecule has 5 nitrogen and oxygen atoms in total. The van der Waals surface area contributed by atoms with Gasteiger partial charge >= 0.3 is 0 Å². The summed E-state index contributed by atoms with van der Waals surface area (Å²) < 4.78 is 4.86. The van der Waals surface area contributed by atoms with Gasteiger partial charge in [-0.15, -0.1) is 0 Å². The van der Waals surface area contributed by atoms with Crippen molar-refractivity contribution in [3.05, 3.63) is 35.9 Å². The number of hydrogen-bond acceptors (Lipinski definition) is 3. The van der Waals surface area contributed by atoms with Gasteiger partial charge in [0.2, 0.25) is 11.8 Å². The molecule has 0 saturated heterocycles. The number of methoxy groups -OCH3 is 1. The summed E-state index contributed by atoms with van der Waals surface area (Å²) in [4.78, 5) is 23.0. The fraction of sp³-hybridized carbons (Fsp3) is 0.385. The Kier molecular flexibility index (Phi) is 5.87. The van der Waals surface area contributed by atoms with Gasteiger partial charge in [-0.2, -0.15) is 0 Å². The molecule has 0 heterocycles. The summed E-state index contributed by atoms with van der Waals surface area (Å²) in [5.74, 6) is -0.437. The minimum absolute atomic E-state index is 0.170. The zero-order valence-corrected chi connectivity index (χ0v) is 10.7. The summed E-state index contributed by atoms with van der Waals surface area (Å²) >= 11 is 0. The molecule has 1 aromatic rings. The van der Waals surface area contributed by atoms with Crippen molar-refractivity contribution in [1.82, 2.24) is 10.4 Å². The van der Waals surface area contributed by atoms with Crippen molar-refractivity contribution in [1.29, 1.82) is 0 Å². The zero-order valence-electron chi connectivity index (χ0n) is 10.7. The second-order valence-electron chi connectivity index (χ2n) is 3.88. The fourth-order valence-corrected chi connectivity index (χ4v) is 1.47. The predicted molar refractivity (Wildman–Crippen MR) is 67.3 cm³/mol. The maximum atomic E-state index is 11.9. The van der Waals surface area contributed by atoms with Gasteiger partial charge in [-0.3, -0.25) is 15.0 Å². The molecule has 98 valence electrons. The topological polar surface area (TPSA) is 58.6 Å². The predicted octanol–water partition coefficient (Wildman–Crippen LogP) is 1.10. The van der Waals surface area contributed by atoms with Crippen LogP contribution in [0.1, 0.15) is 18.9 Å². The minimum Gasteiger partial charge on any atom is -0.384 e. The average molecular weight is 250 g/mol. The number of carbonyl (C=O) groups is 2. The number of hydrogen-bond donors (Lipinski definition) is 1. The molecule has 0 radical (unpaired) electrons. The average Bonchev–Trinajstić information content (AvgIpc) is 2.36. The van der Waals surface area contributed by atoms with E-state index in [4.69, 9.17) is 4.74 Å². The number of hydrazine groups is 1. The maximum Gasteiger partial charge on any atom is 0.243 e. The largest absolute Gasteiger partial charge is 0.384 e. The van der Waals surface area contributed by atoms with E-state index in [-0.39, 0.29) is 18.2 Å². The summed E-state index contributed by atoms with van der Waals surface area (Å²) in [6.45, 7) is 2.06. The second-order valence-corrected chi connectivity index (χ2v) is 3.88. The van der Waals surface area contributed by atoms with Crippen LogP contribution in [0.3, 0.4) is 0 Å². The van der Waals surface area contributed by atoms with Crippen molar-refractivity contribution in [3.63, 3.8) is 0 Å². The summed E-state index contributed by atoms with van der Waals surface area (Å²) in [6, 6.07) is 9.48. The summed E-state index contributed by atoms with van der Waals surface area (Å²) in [5, 5.41) is 1.32. The summed E-state index contributed by atoms with van der Waals surface area (Å²) in [6.07, 6.45) is 0.240. The first kappa shape index (κ1) is 14.2. The number of carbonyl (C=O) groups excluding carboxylic acids is 2. The van der Waals surface area contributed by atoms with Crippen LogP contribution in [0, 0.1) is 0 Å². The van der Waals surface area contributed by atoms with Gasteiger partial charge < -0.3 is 4.74 Å². The molecule has 18 heavy (non-hydrogen) atoms. The Bertz CT molecular complexity index is 392. The molecule has 0 aliphatic rings. The van der Waals surface area contributed by atoms with Gasteiger partial charge in [-0.1, -0.05) is 30.3 Å². The van der Waals surface area contributed by atoms with Crippen LogP contribution in [0.25, 0.3) is 0 Å². The van der Waals surface area contributed by atoms with Crippen LogP contribution < -0.4 is 5.43 Å². The van der Waals surface area contributed by atoms with Crippen LogP contribution >= 0.6 is 0 Å². The van der Waals surface area contributed by atoms with Crippen molar-refractivity contribution in [2.75, 3.05) is 13.7 Å². The van der Waals surface area contributed by atoms with E-state index in [2.05, 4.69) is 5.43 Å². The molecule has 0 aliphatic heterocycles. The lowest BCUT2D eigenvalue weighted by Gasteiger charge is -2.22. The normalized spacial score (nSPS) is 9.89. The number of amides is 2. The van der Waals surface area contributed by atoms with E-state index in [9.17, 15) is 9.59 Å². The molecule has 5 heteroatoms. The Hall–Kier alpha value is -1.88. The summed E-state index contributed by atoms with van der Waals surface area (Å²) in [5.41, 5.74) is 3.48. The Labute approximate surface area is 107 Å². The smallest absolute Gasteiger partial charge is 0.243 e. The number of rotatable bonds is 5. The second kappa shape index (κ2) is 7.45. The molecule has 0 unspecified atom stereocenters. The molecule has 0 aliphatic carbocycles. The maximum absolute atomic E-state index is 11.9. The van der Waals surface area contributed by atoms with Gasteiger partial charge in [0.1, 0.15) is 0 Å². The first-order valence-corrected chi connectivity index (χ1v) is 5.74. The number of ether oxygens (including phenoxy) is 1. The van der Waals surface area contributed by atoms with Crippen molar-refractivity contribution >= 4 is 11.8 Å². The highest BCUT2D eigenvalue weighted by Gasteiger charge is 2.14. The first-order valence-electron chi connectivity index (χ1n) is 5.74. The first-order chi connectivity index (χ1) is 8.63. The highest BCUT2D eigenvalue weighted by molar-refractivity contribution is 5.80. The van der Waals surface area contributed by atoms with E-state index in [1.807, 2.05) is 30.3 Å².